The van der Waals surface area contributed by atoms with Gasteiger partial charge in [0.1, 0.15) is 11.7 Å². The van der Waals surface area contributed by atoms with E-state index in [-0.39, 0.29) is 12.4 Å². The molecule has 1 N–H and O–H groups in total. The van der Waals surface area contributed by atoms with Gasteiger partial charge in [-0.15, -0.1) is 0 Å². The van der Waals surface area contributed by atoms with E-state index in [0.717, 1.165) is 0 Å². The summed E-state index contributed by atoms with van der Waals surface area (Å²) in [4.78, 5) is 1.34. The van der Waals surface area contributed by atoms with E-state index in [0.29, 0.717) is 11.1 Å². The lowest BCUT2D eigenvalue weighted by molar-refractivity contribution is -0.143. The predicted octanol–water partition coefficient (Wildman–Crippen LogP) is 3.31. The van der Waals surface area contributed by atoms with Gasteiger partial charge in [-0.05, 0) is 24.6 Å². The SMILES string of the molecule is CC(CC(F)(F)F)N1Cc2ccc(F)cc2C1=N. The molecular weight excluding hydrogens is 248 g/mol. The van der Waals surface area contributed by atoms with Gasteiger partial charge in [0.25, 0.3) is 0 Å². The molecule has 0 saturated carbocycles. The quantitative estimate of drug-likeness (QED) is 0.811. The fraction of sp³-hybridized carbons (Fsp3) is 0.417. The molecule has 1 aromatic carbocycles. The molecule has 0 aromatic heterocycles. The molecule has 0 spiro atoms. The molecule has 0 bridgehead atoms. The van der Waals surface area contributed by atoms with Gasteiger partial charge in [-0.1, -0.05) is 6.07 Å². The smallest absolute Gasteiger partial charge is 0.349 e. The summed E-state index contributed by atoms with van der Waals surface area (Å²) in [7, 11) is 0. The van der Waals surface area contributed by atoms with Crippen LogP contribution in [-0.2, 0) is 6.54 Å². The summed E-state index contributed by atoms with van der Waals surface area (Å²) in [5, 5.41) is 7.81. The molecule has 1 heterocycles. The van der Waals surface area contributed by atoms with Crippen LogP contribution < -0.4 is 0 Å². The first kappa shape index (κ1) is 12.9. The van der Waals surface area contributed by atoms with Crippen molar-refractivity contribution in [3.63, 3.8) is 0 Å². The lowest BCUT2D eigenvalue weighted by Crippen LogP contribution is -2.36. The molecule has 2 rings (SSSR count). The standard InChI is InChI=1S/C12H12F4N2/c1-7(5-12(14,15)16)18-6-8-2-3-9(13)4-10(8)11(18)17/h2-4,7,17H,5-6H2,1H3. The highest BCUT2D eigenvalue weighted by Crippen LogP contribution is 2.30. The summed E-state index contributed by atoms with van der Waals surface area (Å²) in [6.07, 6.45) is -5.24. The van der Waals surface area contributed by atoms with Gasteiger partial charge in [-0.2, -0.15) is 13.2 Å². The number of fused-ring (bicyclic) bond motifs is 1. The summed E-state index contributed by atoms with van der Waals surface area (Å²) in [6.45, 7) is 1.65. The number of rotatable bonds is 2. The van der Waals surface area contributed by atoms with Crippen LogP contribution in [0.5, 0.6) is 0 Å². The maximum absolute atomic E-state index is 13.0. The van der Waals surface area contributed by atoms with Gasteiger partial charge in [-0.3, -0.25) is 5.41 Å². The average molecular weight is 260 g/mol. The summed E-state index contributed by atoms with van der Waals surface area (Å²) >= 11 is 0. The maximum atomic E-state index is 13.0. The molecule has 1 unspecified atom stereocenters. The van der Waals surface area contributed by atoms with E-state index in [9.17, 15) is 17.6 Å². The number of amidine groups is 1. The van der Waals surface area contributed by atoms with Crippen LogP contribution in [0.1, 0.15) is 24.5 Å². The van der Waals surface area contributed by atoms with E-state index in [1.54, 1.807) is 0 Å². The highest BCUT2D eigenvalue weighted by molar-refractivity contribution is 6.00. The third kappa shape index (κ3) is 2.47. The molecule has 0 radical (unpaired) electrons. The van der Waals surface area contributed by atoms with E-state index in [2.05, 4.69) is 0 Å². The molecule has 0 fully saturated rings. The average Bonchev–Trinajstić information content (AvgIpc) is 2.54. The van der Waals surface area contributed by atoms with Crippen LogP contribution in [0.2, 0.25) is 0 Å². The first-order valence-corrected chi connectivity index (χ1v) is 5.48. The van der Waals surface area contributed by atoms with Crippen molar-refractivity contribution in [1.29, 1.82) is 5.41 Å². The highest BCUT2D eigenvalue weighted by Gasteiger charge is 2.36. The van der Waals surface area contributed by atoms with Crippen molar-refractivity contribution in [1.82, 2.24) is 4.90 Å². The molecule has 1 aromatic rings. The highest BCUT2D eigenvalue weighted by atomic mass is 19.4. The number of hydrogen-bond donors (Lipinski definition) is 1. The van der Waals surface area contributed by atoms with Gasteiger partial charge >= 0.3 is 6.18 Å². The molecule has 1 aliphatic rings. The van der Waals surface area contributed by atoms with E-state index in [4.69, 9.17) is 5.41 Å². The Kier molecular flexibility index (Phi) is 3.04. The molecular formula is C12H12F4N2. The van der Waals surface area contributed by atoms with Crippen molar-refractivity contribution in [3.8, 4) is 0 Å². The van der Waals surface area contributed by atoms with Crippen molar-refractivity contribution >= 4 is 5.84 Å². The van der Waals surface area contributed by atoms with Crippen molar-refractivity contribution in [2.24, 2.45) is 0 Å². The lowest BCUT2D eigenvalue weighted by atomic mass is 10.1. The summed E-state index contributed by atoms with van der Waals surface area (Å²) in [6, 6.07) is 3.13. The monoisotopic (exact) mass is 260 g/mol. The Hall–Kier alpha value is -1.59. The largest absolute Gasteiger partial charge is 0.391 e. The van der Waals surface area contributed by atoms with Crippen LogP contribution in [-0.4, -0.2) is 23.0 Å². The molecule has 0 saturated heterocycles. The summed E-state index contributed by atoms with van der Waals surface area (Å²) < 4.78 is 50.0. The summed E-state index contributed by atoms with van der Waals surface area (Å²) in [5.74, 6) is -0.523. The van der Waals surface area contributed by atoms with Crippen molar-refractivity contribution in [3.05, 3.63) is 35.1 Å². The second-order valence-electron chi connectivity index (χ2n) is 4.45. The number of hydrogen-bond acceptors (Lipinski definition) is 1. The normalized spacial score (nSPS) is 16.9. The van der Waals surface area contributed by atoms with E-state index < -0.39 is 24.5 Å². The van der Waals surface area contributed by atoms with Crippen LogP contribution in [0.25, 0.3) is 0 Å². The number of benzene rings is 1. The van der Waals surface area contributed by atoms with Crippen LogP contribution >= 0.6 is 0 Å². The molecule has 6 heteroatoms. The minimum absolute atomic E-state index is 0.0405. The molecule has 0 amide bonds. The Labute approximate surface area is 102 Å². The molecule has 0 aliphatic carbocycles. The van der Waals surface area contributed by atoms with Crippen molar-refractivity contribution < 1.29 is 17.6 Å². The van der Waals surface area contributed by atoms with Gasteiger partial charge in [0.2, 0.25) is 0 Å². The van der Waals surface area contributed by atoms with Crippen LogP contribution in [0.3, 0.4) is 0 Å². The van der Waals surface area contributed by atoms with Crippen LogP contribution in [0.15, 0.2) is 18.2 Å². The fourth-order valence-corrected chi connectivity index (χ4v) is 2.15. The van der Waals surface area contributed by atoms with Crippen LogP contribution in [0.4, 0.5) is 17.6 Å². The predicted molar refractivity (Wildman–Crippen MR) is 58.9 cm³/mol. The third-order valence-electron chi connectivity index (χ3n) is 3.01. The van der Waals surface area contributed by atoms with Gasteiger partial charge in [-0.25, -0.2) is 4.39 Å². The molecule has 1 aliphatic heterocycles. The Bertz CT molecular complexity index is 481. The minimum Gasteiger partial charge on any atom is -0.349 e. The number of nitrogens with zero attached hydrogens (tertiary/aromatic N) is 1. The van der Waals surface area contributed by atoms with Gasteiger partial charge < -0.3 is 4.90 Å². The molecule has 98 valence electrons. The van der Waals surface area contributed by atoms with Crippen molar-refractivity contribution in [2.75, 3.05) is 0 Å². The zero-order valence-electron chi connectivity index (χ0n) is 9.68. The van der Waals surface area contributed by atoms with Gasteiger partial charge in [0, 0.05) is 18.2 Å². The van der Waals surface area contributed by atoms with E-state index in [1.165, 1.54) is 30.0 Å². The molecule has 1 atom stereocenters. The van der Waals surface area contributed by atoms with E-state index in [1.807, 2.05) is 0 Å². The van der Waals surface area contributed by atoms with Gasteiger partial charge in [0.15, 0.2) is 0 Å². The Balaban J connectivity index is 2.19. The first-order chi connectivity index (χ1) is 8.28. The zero-order valence-corrected chi connectivity index (χ0v) is 9.68. The zero-order chi connectivity index (χ0) is 13.5. The number of halogens is 4. The Morgan fingerprint density at radius 1 is 1.39 bits per heavy atom. The molecule has 2 nitrogen and oxygen atoms in total. The fourth-order valence-electron chi connectivity index (χ4n) is 2.15. The van der Waals surface area contributed by atoms with Crippen LogP contribution in [0, 0.1) is 11.2 Å². The Morgan fingerprint density at radius 2 is 2.06 bits per heavy atom. The van der Waals surface area contributed by atoms with Gasteiger partial charge in [0.05, 0.1) is 6.42 Å². The Morgan fingerprint density at radius 3 is 2.67 bits per heavy atom. The third-order valence-corrected chi connectivity index (χ3v) is 3.01. The topological polar surface area (TPSA) is 27.1 Å². The van der Waals surface area contributed by atoms with E-state index >= 15 is 0 Å². The maximum Gasteiger partial charge on any atom is 0.391 e. The lowest BCUT2D eigenvalue weighted by Gasteiger charge is -2.26. The molecule has 18 heavy (non-hydrogen) atoms. The minimum atomic E-state index is -4.26. The first-order valence-electron chi connectivity index (χ1n) is 5.48. The number of alkyl halides is 3. The van der Waals surface area contributed by atoms with Crippen molar-refractivity contribution in [2.45, 2.75) is 32.1 Å². The second kappa shape index (κ2) is 4.26. The summed E-state index contributed by atoms with van der Waals surface area (Å²) in [5.41, 5.74) is 1.07. The number of nitrogens with one attached hydrogen (secondary N) is 1. The second-order valence-corrected chi connectivity index (χ2v) is 4.45.